The molecule has 1 aromatic carbocycles. The standard InChI is InChI=1S/C22H35N3O.HI/c1-3-26-21-13-15-25(16-14-21)22(23-2)24-17-18-9-11-20(12-10-18)19-7-5-4-6-8-19;/h4-8,18,20-21H,3,9-17H2,1-2H3,(H,23,24);1H. The van der Waals surface area contributed by atoms with Gasteiger partial charge in [0.05, 0.1) is 6.10 Å². The van der Waals surface area contributed by atoms with Crippen molar-refractivity contribution in [2.24, 2.45) is 10.9 Å². The van der Waals surface area contributed by atoms with E-state index in [-0.39, 0.29) is 24.0 Å². The van der Waals surface area contributed by atoms with E-state index in [4.69, 9.17) is 4.74 Å². The number of aliphatic imine (C=N–C) groups is 1. The van der Waals surface area contributed by atoms with Gasteiger partial charge in [-0.25, -0.2) is 0 Å². The molecule has 1 heterocycles. The maximum absolute atomic E-state index is 5.76. The third kappa shape index (κ3) is 6.63. The number of hydrogen-bond acceptors (Lipinski definition) is 2. The topological polar surface area (TPSA) is 36.9 Å². The molecule has 1 aliphatic carbocycles. The van der Waals surface area contributed by atoms with Gasteiger partial charge in [-0.1, -0.05) is 30.3 Å². The van der Waals surface area contributed by atoms with Gasteiger partial charge in [-0.05, 0) is 62.8 Å². The van der Waals surface area contributed by atoms with Gasteiger partial charge in [-0.3, -0.25) is 4.99 Å². The average molecular weight is 485 g/mol. The molecule has 1 aliphatic heterocycles. The van der Waals surface area contributed by atoms with Crippen LogP contribution < -0.4 is 5.32 Å². The Morgan fingerprint density at radius 2 is 1.74 bits per heavy atom. The molecule has 0 bridgehead atoms. The van der Waals surface area contributed by atoms with Crippen molar-refractivity contribution in [2.45, 2.75) is 57.5 Å². The molecule has 152 valence electrons. The number of guanidine groups is 1. The smallest absolute Gasteiger partial charge is 0.193 e. The zero-order valence-electron chi connectivity index (χ0n) is 16.9. The second kappa shape index (κ2) is 11.9. The van der Waals surface area contributed by atoms with Gasteiger partial charge in [0.15, 0.2) is 5.96 Å². The van der Waals surface area contributed by atoms with Gasteiger partial charge >= 0.3 is 0 Å². The van der Waals surface area contributed by atoms with Crippen molar-refractivity contribution in [3.63, 3.8) is 0 Å². The normalized spacial score (nSPS) is 24.4. The van der Waals surface area contributed by atoms with Crippen LogP contribution in [0, 0.1) is 5.92 Å². The molecule has 1 saturated carbocycles. The van der Waals surface area contributed by atoms with Gasteiger partial charge in [-0.2, -0.15) is 0 Å². The molecule has 0 spiro atoms. The molecule has 0 aromatic heterocycles. The fourth-order valence-corrected chi connectivity index (χ4v) is 4.46. The highest BCUT2D eigenvalue weighted by molar-refractivity contribution is 14.0. The second-order valence-corrected chi connectivity index (χ2v) is 7.70. The quantitative estimate of drug-likeness (QED) is 0.375. The largest absolute Gasteiger partial charge is 0.378 e. The molecule has 5 heteroatoms. The molecule has 2 aliphatic rings. The van der Waals surface area contributed by atoms with Crippen molar-refractivity contribution >= 4 is 29.9 Å². The van der Waals surface area contributed by atoms with E-state index < -0.39 is 0 Å². The van der Waals surface area contributed by atoms with Crippen LogP contribution in [0.4, 0.5) is 0 Å². The summed E-state index contributed by atoms with van der Waals surface area (Å²) in [6.07, 6.45) is 7.91. The van der Waals surface area contributed by atoms with Crippen LogP contribution in [0.2, 0.25) is 0 Å². The van der Waals surface area contributed by atoms with Gasteiger partial charge in [0, 0.05) is 33.3 Å². The molecule has 1 saturated heterocycles. The number of halogens is 1. The second-order valence-electron chi connectivity index (χ2n) is 7.70. The number of piperidine rings is 1. The van der Waals surface area contributed by atoms with Gasteiger partial charge < -0.3 is 15.0 Å². The Morgan fingerprint density at radius 3 is 2.33 bits per heavy atom. The van der Waals surface area contributed by atoms with E-state index >= 15 is 0 Å². The zero-order chi connectivity index (χ0) is 18.2. The molecule has 0 atom stereocenters. The fraction of sp³-hybridized carbons (Fsp3) is 0.682. The molecule has 4 nitrogen and oxygen atoms in total. The summed E-state index contributed by atoms with van der Waals surface area (Å²) < 4.78 is 5.76. The third-order valence-corrected chi connectivity index (χ3v) is 6.02. The average Bonchev–Trinajstić information content (AvgIpc) is 2.71. The van der Waals surface area contributed by atoms with Crippen LogP contribution in [-0.4, -0.2) is 50.3 Å². The van der Waals surface area contributed by atoms with Crippen molar-refractivity contribution in [1.82, 2.24) is 10.2 Å². The molecular weight excluding hydrogens is 449 g/mol. The number of hydrogen-bond donors (Lipinski definition) is 1. The van der Waals surface area contributed by atoms with E-state index in [2.05, 4.69) is 52.5 Å². The highest BCUT2D eigenvalue weighted by Gasteiger charge is 2.24. The van der Waals surface area contributed by atoms with Crippen LogP contribution in [0.25, 0.3) is 0 Å². The van der Waals surface area contributed by atoms with Crippen molar-refractivity contribution in [1.29, 1.82) is 0 Å². The van der Waals surface area contributed by atoms with E-state index in [0.717, 1.165) is 56.9 Å². The molecular formula is C22H36IN3O. The van der Waals surface area contributed by atoms with Gasteiger partial charge in [0.1, 0.15) is 0 Å². The lowest BCUT2D eigenvalue weighted by Crippen LogP contribution is -2.48. The summed E-state index contributed by atoms with van der Waals surface area (Å²) in [6.45, 7) is 6.05. The number of benzene rings is 1. The lowest BCUT2D eigenvalue weighted by molar-refractivity contribution is 0.0263. The predicted molar refractivity (Wildman–Crippen MR) is 124 cm³/mol. The van der Waals surface area contributed by atoms with Crippen LogP contribution in [0.1, 0.15) is 56.9 Å². The first kappa shape index (κ1) is 22.5. The Balaban J connectivity index is 0.00000261. The van der Waals surface area contributed by atoms with Crippen LogP contribution in [0.5, 0.6) is 0 Å². The van der Waals surface area contributed by atoms with Crippen LogP contribution in [0.3, 0.4) is 0 Å². The molecule has 27 heavy (non-hydrogen) atoms. The molecule has 0 amide bonds. The minimum absolute atomic E-state index is 0. The van der Waals surface area contributed by atoms with E-state index in [9.17, 15) is 0 Å². The van der Waals surface area contributed by atoms with E-state index in [1.807, 2.05) is 7.05 Å². The maximum Gasteiger partial charge on any atom is 0.193 e. The summed E-state index contributed by atoms with van der Waals surface area (Å²) in [5.41, 5.74) is 1.52. The van der Waals surface area contributed by atoms with Crippen molar-refractivity contribution in [3.05, 3.63) is 35.9 Å². The first-order valence-corrected chi connectivity index (χ1v) is 10.4. The summed E-state index contributed by atoms with van der Waals surface area (Å²) in [4.78, 5) is 6.91. The van der Waals surface area contributed by atoms with Gasteiger partial charge in [-0.15, -0.1) is 24.0 Å². The molecule has 0 radical (unpaired) electrons. The maximum atomic E-state index is 5.76. The SMILES string of the molecule is CCOC1CCN(C(=NC)NCC2CCC(c3ccccc3)CC2)CC1.I. The molecule has 2 fully saturated rings. The van der Waals surface area contributed by atoms with Gasteiger partial charge in [0.2, 0.25) is 0 Å². The third-order valence-electron chi connectivity index (χ3n) is 6.02. The summed E-state index contributed by atoms with van der Waals surface area (Å²) >= 11 is 0. The molecule has 1 N–H and O–H groups in total. The Bertz CT molecular complexity index is 550. The number of likely N-dealkylation sites (tertiary alicyclic amines) is 1. The number of nitrogens with zero attached hydrogens (tertiary/aromatic N) is 2. The highest BCUT2D eigenvalue weighted by atomic mass is 127. The molecule has 3 rings (SSSR count). The summed E-state index contributed by atoms with van der Waals surface area (Å²) in [5.74, 6) is 2.60. The van der Waals surface area contributed by atoms with E-state index in [0.29, 0.717) is 6.10 Å². The summed E-state index contributed by atoms with van der Waals surface area (Å²) in [7, 11) is 1.91. The van der Waals surface area contributed by atoms with Crippen LogP contribution in [-0.2, 0) is 4.74 Å². The number of ether oxygens (including phenoxy) is 1. The Morgan fingerprint density at radius 1 is 1.07 bits per heavy atom. The Hall–Kier alpha value is -0.820. The fourth-order valence-electron chi connectivity index (χ4n) is 4.46. The predicted octanol–water partition coefficient (Wildman–Crippen LogP) is 4.65. The first-order valence-electron chi connectivity index (χ1n) is 10.4. The number of nitrogens with one attached hydrogen (secondary N) is 1. The summed E-state index contributed by atoms with van der Waals surface area (Å²) in [5, 5.41) is 3.65. The van der Waals surface area contributed by atoms with E-state index in [1.165, 1.54) is 31.2 Å². The van der Waals surface area contributed by atoms with E-state index in [1.54, 1.807) is 0 Å². The highest BCUT2D eigenvalue weighted by Crippen LogP contribution is 2.35. The lowest BCUT2D eigenvalue weighted by Gasteiger charge is -2.35. The first-order chi connectivity index (χ1) is 12.8. The van der Waals surface area contributed by atoms with Crippen LogP contribution in [0.15, 0.2) is 35.3 Å². The van der Waals surface area contributed by atoms with Crippen molar-refractivity contribution < 1.29 is 4.74 Å². The number of rotatable bonds is 5. The van der Waals surface area contributed by atoms with Crippen LogP contribution >= 0.6 is 24.0 Å². The monoisotopic (exact) mass is 485 g/mol. The Labute approximate surface area is 182 Å². The Kier molecular flexibility index (Phi) is 9.90. The minimum atomic E-state index is 0. The zero-order valence-corrected chi connectivity index (χ0v) is 19.2. The summed E-state index contributed by atoms with van der Waals surface area (Å²) in [6, 6.07) is 11.0. The van der Waals surface area contributed by atoms with Crippen molar-refractivity contribution in [3.8, 4) is 0 Å². The minimum Gasteiger partial charge on any atom is -0.378 e. The molecule has 0 unspecified atom stereocenters. The lowest BCUT2D eigenvalue weighted by atomic mass is 9.79. The van der Waals surface area contributed by atoms with Crippen molar-refractivity contribution in [2.75, 3.05) is 33.3 Å². The van der Waals surface area contributed by atoms with Gasteiger partial charge in [0.25, 0.3) is 0 Å². The molecule has 1 aromatic rings.